The molecule has 3 nitrogen and oxygen atoms in total. The van der Waals surface area contributed by atoms with E-state index in [-0.39, 0.29) is 0 Å². The van der Waals surface area contributed by atoms with Crippen LogP contribution in [-0.2, 0) is 0 Å². The molecule has 0 bridgehead atoms. The highest BCUT2D eigenvalue weighted by Gasteiger charge is 1.95. The van der Waals surface area contributed by atoms with E-state index < -0.39 is 0 Å². The Morgan fingerprint density at radius 3 is 3.10 bits per heavy atom. The van der Waals surface area contributed by atoms with Crippen molar-refractivity contribution in [3.05, 3.63) is 18.3 Å². The number of nitrogens with two attached hydrogens (primary N) is 1. The first-order chi connectivity index (χ1) is 4.84. The molecule has 0 aliphatic heterocycles. The van der Waals surface area contributed by atoms with Gasteiger partial charge < -0.3 is 10.5 Å². The molecule has 54 valence electrons. The van der Waals surface area contributed by atoms with Gasteiger partial charge in [-0.25, -0.2) is 4.98 Å². The summed E-state index contributed by atoms with van der Waals surface area (Å²) in [4.78, 5) is 3.85. The minimum Gasteiger partial charge on any atom is -0.490 e. The van der Waals surface area contributed by atoms with Crippen LogP contribution in [0.3, 0.4) is 0 Å². The van der Waals surface area contributed by atoms with Crippen LogP contribution in [-0.4, -0.2) is 11.6 Å². The lowest BCUT2D eigenvalue weighted by molar-refractivity contribution is 0.341. The van der Waals surface area contributed by atoms with Gasteiger partial charge in [0.05, 0.1) is 6.61 Å². The first-order valence-electron chi connectivity index (χ1n) is 3.18. The van der Waals surface area contributed by atoms with Gasteiger partial charge in [-0.15, -0.1) is 0 Å². The van der Waals surface area contributed by atoms with Gasteiger partial charge in [0.2, 0.25) is 0 Å². The van der Waals surface area contributed by atoms with E-state index in [4.69, 9.17) is 10.5 Å². The Hall–Kier alpha value is -1.25. The van der Waals surface area contributed by atoms with E-state index in [9.17, 15) is 0 Å². The molecule has 1 rings (SSSR count). The molecule has 0 spiro atoms. The third kappa shape index (κ3) is 1.37. The highest BCUT2D eigenvalue weighted by atomic mass is 16.5. The Kier molecular flexibility index (Phi) is 2.10. The fraction of sp³-hybridized carbons (Fsp3) is 0.286. The normalized spacial score (nSPS) is 9.30. The summed E-state index contributed by atoms with van der Waals surface area (Å²) in [6.45, 7) is 2.53. The van der Waals surface area contributed by atoms with Crippen LogP contribution in [0, 0.1) is 0 Å². The van der Waals surface area contributed by atoms with Gasteiger partial charge >= 0.3 is 0 Å². The molecule has 0 saturated carbocycles. The van der Waals surface area contributed by atoms with Crippen LogP contribution in [0.5, 0.6) is 5.75 Å². The molecule has 0 aliphatic rings. The quantitative estimate of drug-likeness (QED) is 0.664. The fourth-order valence-corrected chi connectivity index (χ4v) is 0.680. The standard InChI is InChI=1S/C7H10N2O/c1-2-10-6-4-3-5-9-7(6)8/h3-5H,2H2,1H3,(H2,8,9). The van der Waals surface area contributed by atoms with Crippen molar-refractivity contribution in [2.75, 3.05) is 12.3 Å². The van der Waals surface area contributed by atoms with Crippen molar-refractivity contribution in [3.63, 3.8) is 0 Å². The molecule has 0 atom stereocenters. The van der Waals surface area contributed by atoms with Crippen molar-refractivity contribution in [2.45, 2.75) is 6.92 Å². The molecule has 0 radical (unpaired) electrons. The first kappa shape index (κ1) is 6.86. The van der Waals surface area contributed by atoms with E-state index in [1.54, 1.807) is 18.3 Å². The van der Waals surface area contributed by atoms with Crippen molar-refractivity contribution in [1.29, 1.82) is 0 Å². The summed E-state index contributed by atoms with van der Waals surface area (Å²) in [5.74, 6) is 1.11. The molecule has 0 aromatic carbocycles. The Morgan fingerprint density at radius 2 is 2.50 bits per heavy atom. The highest BCUT2D eigenvalue weighted by molar-refractivity contribution is 5.44. The van der Waals surface area contributed by atoms with Gasteiger partial charge in [0.1, 0.15) is 0 Å². The molecule has 0 saturated heterocycles. The largest absolute Gasteiger partial charge is 0.490 e. The van der Waals surface area contributed by atoms with Crippen molar-refractivity contribution >= 4 is 5.82 Å². The van der Waals surface area contributed by atoms with Gasteiger partial charge in [-0.2, -0.15) is 0 Å². The van der Waals surface area contributed by atoms with Gasteiger partial charge in [-0.3, -0.25) is 0 Å². The van der Waals surface area contributed by atoms with Crippen LogP contribution in [0.4, 0.5) is 5.82 Å². The molecule has 0 aliphatic carbocycles. The molecular weight excluding hydrogens is 128 g/mol. The summed E-state index contributed by atoms with van der Waals surface area (Å²) in [5.41, 5.74) is 5.47. The predicted molar refractivity (Wildman–Crippen MR) is 39.8 cm³/mol. The number of nitrogens with zero attached hydrogens (tertiary/aromatic N) is 1. The lowest BCUT2D eigenvalue weighted by Gasteiger charge is -2.03. The van der Waals surface area contributed by atoms with Crippen LogP contribution >= 0.6 is 0 Å². The number of pyridine rings is 1. The highest BCUT2D eigenvalue weighted by Crippen LogP contribution is 2.15. The van der Waals surface area contributed by atoms with Crippen molar-refractivity contribution < 1.29 is 4.74 Å². The maximum absolute atomic E-state index is 5.47. The van der Waals surface area contributed by atoms with E-state index in [2.05, 4.69) is 4.98 Å². The molecule has 10 heavy (non-hydrogen) atoms. The maximum Gasteiger partial charge on any atom is 0.166 e. The van der Waals surface area contributed by atoms with Crippen molar-refractivity contribution in [2.24, 2.45) is 0 Å². The average Bonchev–Trinajstić information content (AvgIpc) is 1.94. The molecule has 0 fully saturated rings. The average molecular weight is 138 g/mol. The molecule has 0 unspecified atom stereocenters. The van der Waals surface area contributed by atoms with Gasteiger partial charge in [0, 0.05) is 6.20 Å². The summed E-state index contributed by atoms with van der Waals surface area (Å²) < 4.78 is 5.15. The Bertz CT molecular complexity index is 213. The number of aromatic nitrogens is 1. The molecule has 1 aromatic rings. The Morgan fingerprint density at radius 1 is 1.70 bits per heavy atom. The smallest absolute Gasteiger partial charge is 0.166 e. The predicted octanol–water partition coefficient (Wildman–Crippen LogP) is 1.06. The molecule has 2 N–H and O–H groups in total. The lowest BCUT2D eigenvalue weighted by atomic mass is 10.4. The van der Waals surface area contributed by atoms with E-state index in [1.165, 1.54) is 0 Å². The number of nitrogen functional groups attached to an aromatic ring is 1. The van der Waals surface area contributed by atoms with Crippen LogP contribution < -0.4 is 10.5 Å². The van der Waals surface area contributed by atoms with Crippen molar-refractivity contribution in [1.82, 2.24) is 4.98 Å². The Balaban J connectivity index is 2.81. The molecule has 0 amide bonds. The van der Waals surface area contributed by atoms with E-state index in [0.29, 0.717) is 18.2 Å². The van der Waals surface area contributed by atoms with Gasteiger partial charge in [-0.1, -0.05) is 0 Å². The lowest BCUT2D eigenvalue weighted by Crippen LogP contribution is -1.97. The van der Waals surface area contributed by atoms with Gasteiger partial charge in [-0.05, 0) is 19.1 Å². The third-order valence-corrected chi connectivity index (χ3v) is 1.10. The minimum atomic E-state index is 0.448. The first-order valence-corrected chi connectivity index (χ1v) is 3.18. The second kappa shape index (κ2) is 3.06. The second-order valence-electron chi connectivity index (χ2n) is 1.82. The van der Waals surface area contributed by atoms with Crippen LogP contribution in [0.1, 0.15) is 6.92 Å². The van der Waals surface area contributed by atoms with Crippen LogP contribution in [0.2, 0.25) is 0 Å². The minimum absolute atomic E-state index is 0.448. The zero-order valence-electron chi connectivity index (χ0n) is 5.87. The third-order valence-electron chi connectivity index (χ3n) is 1.10. The number of rotatable bonds is 2. The summed E-state index contributed by atoms with van der Waals surface area (Å²) in [6, 6.07) is 3.59. The van der Waals surface area contributed by atoms with E-state index in [1.807, 2.05) is 6.92 Å². The van der Waals surface area contributed by atoms with Gasteiger partial charge in [0.15, 0.2) is 11.6 Å². The number of hydrogen-bond donors (Lipinski definition) is 1. The molecule has 3 heteroatoms. The monoisotopic (exact) mass is 138 g/mol. The van der Waals surface area contributed by atoms with Crippen LogP contribution in [0.15, 0.2) is 18.3 Å². The van der Waals surface area contributed by atoms with Crippen molar-refractivity contribution in [3.8, 4) is 5.75 Å². The summed E-state index contributed by atoms with van der Waals surface area (Å²) in [6.07, 6.45) is 1.64. The summed E-state index contributed by atoms with van der Waals surface area (Å²) in [5, 5.41) is 0. The Labute approximate surface area is 59.8 Å². The second-order valence-corrected chi connectivity index (χ2v) is 1.82. The zero-order valence-corrected chi connectivity index (χ0v) is 5.87. The number of anilines is 1. The maximum atomic E-state index is 5.47. The number of ether oxygens (including phenoxy) is 1. The van der Waals surface area contributed by atoms with Crippen LogP contribution in [0.25, 0.3) is 0 Å². The zero-order chi connectivity index (χ0) is 7.40. The topological polar surface area (TPSA) is 48.1 Å². The summed E-state index contributed by atoms with van der Waals surface area (Å²) in [7, 11) is 0. The molecular formula is C7H10N2O. The van der Waals surface area contributed by atoms with E-state index >= 15 is 0 Å². The fourth-order valence-electron chi connectivity index (χ4n) is 0.680. The van der Waals surface area contributed by atoms with Gasteiger partial charge in [0.25, 0.3) is 0 Å². The SMILES string of the molecule is CCOc1cccnc1N. The number of hydrogen-bond acceptors (Lipinski definition) is 3. The summed E-state index contributed by atoms with van der Waals surface area (Å²) >= 11 is 0. The molecule has 1 aromatic heterocycles. The molecule has 1 heterocycles. The van der Waals surface area contributed by atoms with E-state index in [0.717, 1.165) is 0 Å².